The molecule has 2 N–H and O–H groups in total. The average Bonchev–Trinajstić information content (AvgIpc) is 3.02. The van der Waals surface area contributed by atoms with E-state index < -0.39 is 11.9 Å². The Labute approximate surface area is 120 Å². The number of nitrogens with one attached hydrogen (secondary N) is 2. The quantitative estimate of drug-likeness (QED) is 0.852. The summed E-state index contributed by atoms with van der Waals surface area (Å²) < 4.78 is 20.7. The number of hydrogen-bond donors (Lipinski definition) is 2. The van der Waals surface area contributed by atoms with E-state index in [1.165, 1.54) is 29.5 Å². The van der Waals surface area contributed by atoms with Crippen molar-refractivity contribution in [3.8, 4) is 5.69 Å². The van der Waals surface area contributed by atoms with Gasteiger partial charge in [0.25, 0.3) is 5.91 Å². The van der Waals surface area contributed by atoms with Gasteiger partial charge in [-0.2, -0.15) is 5.10 Å². The summed E-state index contributed by atoms with van der Waals surface area (Å²) in [5.74, 6) is -0.795. The van der Waals surface area contributed by atoms with Gasteiger partial charge in [-0.1, -0.05) is 0 Å². The van der Waals surface area contributed by atoms with Crippen LogP contribution in [0, 0.1) is 5.82 Å². The topological polar surface area (TPSA) is 81.1 Å². The number of carbonyl (C=O) groups excluding carboxylic acids is 1. The van der Waals surface area contributed by atoms with Crippen LogP contribution in [0.2, 0.25) is 0 Å². The van der Waals surface area contributed by atoms with E-state index in [0.717, 1.165) is 6.54 Å². The first-order valence-electron chi connectivity index (χ1n) is 6.52. The first-order chi connectivity index (χ1) is 10.2. The third-order valence-electron chi connectivity index (χ3n) is 3.10. The Morgan fingerprint density at radius 3 is 3.10 bits per heavy atom. The molecule has 1 amide bonds. The normalized spacial score (nSPS) is 18.4. The minimum absolute atomic E-state index is 0.265. The van der Waals surface area contributed by atoms with Gasteiger partial charge in [-0.15, -0.1) is 0 Å². The van der Waals surface area contributed by atoms with Crippen molar-refractivity contribution in [1.82, 2.24) is 20.1 Å². The van der Waals surface area contributed by atoms with Gasteiger partial charge in [0.2, 0.25) is 0 Å². The molecule has 2 aromatic rings. The van der Waals surface area contributed by atoms with Crippen LogP contribution < -0.4 is 10.6 Å². The standard InChI is InChI=1S/C13H14FN5O2/c14-10-5-9(1-2-11(10)19-8-16-7-17-19)18-13(20)12-6-15-3-4-21-12/h1-2,5,7-8,12,15H,3-4,6H2,(H,18,20). The highest BCUT2D eigenvalue weighted by Crippen LogP contribution is 2.17. The summed E-state index contributed by atoms with van der Waals surface area (Å²) >= 11 is 0. The van der Waals surface area contributed by atoms with Crippen molar-refractivity contribution in [3.63, 3.8) is 0 Å². The minimum Gasteiger partial charge on any atom is -0.366 e. The molecule has 1 aliphatic rings. The van der Waals surface area contributed by atoms with Crippen LogP contribution in [0.4, 0.5) is 10.1 Å². The number of amides is 1. The second-order valence-corrected chi connectivity index (χ2v) is 4.56. The summed E-state index contributed by atoms with van der Waals surface area (Å²) in [5, 5.41) is 9.56. The molecule has 1 atom stereocenters. The van der Waals surface area contributed by atoms with Gasteiger partial charge < -0.3 is 15.4 Å². The predicted molar refractivity (Wildman–Crippen MR) is 72.6 cm³/mol. The van der Waals surface area contributed by atoms with Crippen molar-refractivity contribution < 1.29 is 13.9 Å². The second-order valence-electron chi connectivity index (χ2n) is 4.56. The summed E-state index contributed by atoms with van der Waals surface area (Å²) in [6, 6.07) is 4.37. The van der Waals surface area contributed by atoms with Gasteiger partial charge in [-0.05, 0) is 18.2 Å². The lowest BCUT2D eigenvalue weighted by Gasteiger charge is -2.22. The van der Waals surface area contributed by atoms with Crippen molar-refractivity contribution >= 4 is 11.6 Å². The maximum atomic E-state index is 14.0. The second kappa shape index (κ2) is 5.98. The van der Waals surface area contributed by atoms with E-state index in [4.69, 9.17) is 4.74 Å². The largest absolute Gasteiger partial charge is 0.366 e. The molecule has 2 heterocycles. The van der Waals surface area contributed by atoms with Gasteiger partial charge in [0.1, 0.15) is 24.4 Å². The third-order valence-corrected chi connectivity index (χ3v) is 3.10. The number of anilines is 1. The fourth-order valence-corrected chi connectivity index (χ4v) is 2.06. The molecule has 3 rings (SSSR count). The lowest BCUT2D eigenvalue weighted by atomic mass is 10.2. The average molecular weight is 291 g/mol. The smallest absolute Gasteiger partial charge is 0.254 e. The number of aromatic nitrogens is 3. The summed E-state index contributed by atoms with van der Waals surface area (Å²) in [7, 11) is 0. The van der Waals surface area contributed by atoms with Crippen molar-refractivity contribution in [2.45, 2.75) is 6.10 Å². The molecule has 21 heavy (non-hydrogen) atoms. The summed E-state index contributed by atoms with van der Waals surface area (Å²) in [5.41, 5.74) is 0.636. The fourth-order valence-electron chi connectivity index (χ4n) is 2.06. The summed E-state index contributed by atoms with van der Waals surface area (Å²) in [4.78, 5) is 15.7. The minimum atomic E-state index is -0.559. The van der Waals surface area contributed by atoms with E-state index in [1.54, 1.807) is 6.07 Å². The van der Waals surface area contributed by atoms with Crippen molar-refractivity contribution in [1.29, 1.82) is 0 Å². The van der Waals surface area contributed by atoms with Crippen molar-refractivity contribution in [3.05, 3.63) is 36.7 Å². The van der Waals surface area contributed by atoms with Crippen LogP contribution in [0.5, 0.6) is 0 Å². The molecule has 0 aliphatic carbocycles. The van der Waals surface area contributed by atoms with E-state index in [1.807, 2.05) is 0 Å². The first kappa shape index (κ1) is 13.7. The molecule has 0 bridgehead atoms. The highest BCUT2D eigenvalue weighted by atomic mass is 19.1. The van der Waals surface area contributed by atoms with Gasteiger partial charge in [0.15, 0.2) is 5.82 Å². The van der Waals surface area contributed by atoms with E-state index in [9.17, 15) is 9.18 Å². The molecule has 0 radical (unpaired) electrons. The van der Waals surface area contributed by atoms with E-state index >= 15 is 0 Å². The first-order valence-corrected chi connectivity index (χ1v) is 6.52. The molecule has 7 nitrogen and oxygen atoms in total. The highest BCUT2D eigenvalue weighted by Gasteiger charge is 2.22. The Balaban J connectivity index is 1.72. The molecule has 8 heteroatoms. The fraction of sp³-hybridized carbons (Fsp3) is 0.308. The Morgan fingerprint density at radius 1 is 1.52 bits per heavy atom. The third kappa shape index (κ3) is 3.06. The number of nitrogens with zero attached hydrogens (tertiary/aromatic N) is 3. The van der Waals surface area contributed by atoms with E-state index in [-0.39, 0.29) is 11.6 Å². The monoisotopic (exact) mass is 291 g/mol. The Bertz CT molecular complexity index is 625. The molecule has 1 saturated heterocycles. The molecule has 0 saturated carbocycles. The molecule has 1 fully saturated rings. The number of halogens is 1. The molecular weight excluding hydrogens is 277 g/mol. The molecule has 0 spiro atoms. The van der Waals surface area contributed by atoms with Crippen LogP contribution in [0.1, 0.15) is 0 Å². The molecule has 1 aliphatic heterocycles. The maximum absolute atomic E-state index is 14.0. The SMILES string of the molecule is O=C(Nc1ccc(-n2cncn2)c(F)c1)C1CNCCO1. The highest BCUT2D eigenvalue weighted by molar-refractivity contribution is 5.94. The van der Waals surface area contributed by atoms with Gasteiger partial charge in [-0.3, -0.25) is 4.79 Å². The number of morpholine rings is 1. The molecule has 1 unspecified atom stereocenters. The molecule has 1 aromatic carbocycles. The molecule has 110 valence electrons. The lowest BCUT2D eigenvalue weighted by molar-refractivity contribution is -0.128. The zero-order valence-corrected chi connectivity index (χ0v) is 11.1. The molecular formula is C13H14FN5O2. The van der Waals surface area contributed by atoms with Crippen molar-refractivity contribution in [2.24, 2.45) is 0 Å². The summed E-state index contributed by atoms with van der Waals surface area (Å²) in [6.45, 7) is 1.66. The van der Waals surface area contributed by atoms with E-state index in [2.05, 4.69) is 20.7 Å². The number of ether oxygens (including phenoxy) is 1. The summed E-state index contributed by atoms with van der Waals surface area (Å²) in [6.07, 6.45) is 2.16. The van der Waals surface area contributed by atoms with Gasteiger partial charge in [0.05, 0.1) is 6.61 Å². The zero-order valence-electron chi connectivity index (χ0n) is 11.1. The Hall–Kier alpha value is -2.32. The van der Waals surface area contributed by atoms with Gasteiger partial charge >= 0.3 is 0 Å². The Morgan fingerprint density at radius 2 is 2.43 bits per heavy atom. The maximum Gasteiger partial charge on any atom is 0.254 e. The number of rotatable bonds is 3. The number of benzene rings is 1. The van der Waals surface area contributed by atoms with Crippen LogP contribution in [0.15, 0.2) is 30.9 Å². The lowest BCUT2D eigenvalue weighted by Crippen LogP contribution is -2.45. The van der Waals surface area contributed by atoms with Crippen LogP contribution in [-0.2, 0) is 9.53 Å². The number of hydrogen-bond acceptors (Lipinski definition) is 5. The van der Waals surface area contributed by atoms with Crippen molar-refractivity contribution in [2.75, 3.05) is 25.0 Å². The number of carbonyl (C=O) groups is 1. The Kier molecular flexibility index (Phi) is 3.89. The van der Waals surface area contributed by atoms with E-state index in [0.29, 0.717) is 18.8 Å². The van der Waals surface area contributed by atoms with Crippen LogP contribution >= 0.6 is 0 Å². The van der Waals surface area contributed by atoms with Gasteiger partial charge in [-0.25, -0.2) is 14.1 Å². The zero-order chi connectivity index (χ0) is 14.7. The van der Waals surface area contributed by atoms with Crippen LogP contribution in [-0.4, -0.2) is 46.5 Å². The predicted octanol–water partition coefficient (Wildman–Crippen LogP) is 0.333. The van der Waals surface area contributed by atoms with Crippen LogP contribution in [0.25, 0.3) is 5.69 Å². The van der Waals surface area contributed by atoms with Gasteiger partial charge in [0, 0.05) is 18.8 Å². The van der Waals surface area contributed by atoms with Crippen LogP contribution in [0.3, 0.4) is 0 Å². The molecule has 1 aromatic heterocycles.